The van der Waals surface area contributed by atoms with Crippen molar-refractivity contribution < 1.29 is 5.11 Å². The van der Waals surface area contributed by atoms with Gasteiger partial charge in [-0.15, -0.1) is 11.3 Å². The van der Waals surface area contributed by atoms with Gasteiger partial charge in [-0.25, -0.2) is 4.98 Å². The van der Waals surface area contributed by atoms with Gasteiger partial charge in [-0.1, -0.05) is 33.6 Å². The van der Waals surface area contributed by atoms with Gasteiger partial charge < -0.3 is 10.4 Å². The molecule has 2 N–H and O–H groups in total. The van der Waals surface area contributed by atoms with Gasteiger partial charge in [0.25, 0.3) is 0 Å². The van der Waals surface area contributed by atoms with Crippen LogP contribution in [-0.4, -0.2) is 22.2 Å². The van der Waals surface area contributed by atoms with Crippen LogP contribution in [0.1, 0.15) is 57.2 Å². The maximum atomic E-state index is 9.55. The number of hydrogen-bond acceptors (Lipinski definition) is 4. The highest BCUT2D eigenvalue weighted by molar-refractivity contribution is 7.09. The third-order valence-electron chi connectivity index (χ3n) is 3.70. The molecule has 1 aromatic rings. The van der Waals surface area contributed by atoms with Crippen LogP contribution in [0.4, 0.5) is 0 Å². The second kappa shape index (κ2) is 5.27. The summed E-state index contributed by atoms with van der Waals surface area (Å²) >= 11 is 1.73. The van der Waals surface area contributed by atoms with Gasteiger partial charge in [-0.3, -0.25) is 0 Å². The van der Waals surface area contributed by atoms with Crippen molar-refractivity contribution in [2.45, 2.75) is 64.0 Å². The molecule has 1 fully saturated rings. The lowest BCUT2D eigenvalue weighted by molar-refractivity contribution is 0.162. The van der Waals surface area contributed by atoms with Crippen LogP contribution in [-0.2, 0) is 12.0 Å². The third kappa shape index (κ3) is 3.11. The molecule has 1 saturated carbocycles. The van der Waals surface area contributed by atoms with E-state index in [1.807, 2.05) is 0 Å². The van der Waals surface area contributed by atoms with Crippen LogP contribution in [0.3, 0.4) is 0 Å². The smallest absolute Gasteiger partial charge is 0.0982 e. The van der Waals surface area contributed by atoms with Gasteiger partial charge in [0.1, 0.15) is 0 Å². The molecule has 1 aromatic heterocycles. The molecule has 2 rings (SSSR count). The van der Waals surface area contributed by atoms with Crippen molar-refractivity contribution >= 4 is 11.3 Å². The number of nitrogens with zero attached hydrogens (tertiary/aromatic N) is 1. The number of nitrogens with one attached hydrogen (secondary N) is 1. The van der Waals surface area contributed by atoms with E-state index in [0.717, 1.165) is 25.1 Å². The van der Waals surface area contributed by atoms with E-state index in [9.17, 15) is 5.11 Å². The van der Waals surface area contributed by atoms with Crippen LogP contribution in [0.2, 0.25) is 0 Å². The Morgan fingerprint density at radius 2 is 2.06 bits per heavy atom. The molecule has 0 saturated heterocycles. The maximum Gasteiger partial charge on any atom is 0.0982 e. The van der Waals surface area contributed by atoms with E-state index in [2.05, 4.69) is 36.5 Å². The maximum absolute atomic E-state index is 9.55. The largest absolute Gasteiger partial charge is 0.394 e. The average molecular weight is 268 g/mol. The number of aliphatic hydroxyl groups excluding tert-OH is 1. The summed E-state index contributed by atoms with van der Waals surface area (Å²) in [4.78, 5) is 4.68. The summed E-state index contributed by atoms with van der Waals surface area (Å²) in [5, 5.41) is 16.4. The summed E-state index contributed by atoms with van der Waals surface area (Å²) in [7, 11) is 0. The van der Waals surface area contributed by atoms with E-state index < -0.39 is 0 Å². The molecule has 0 unspecified atom stereocenters. The monoisotopic (exact) mass is 268 g/mol. The van der Waals surface area contributed by atoms with E-state index in [-0.39, 0.29) is 17.6 Å². The van der Waals surface area contributed by atoms with Crippen molar-refractivity contribution in [2.24, 2.45) is 0 Å². The minimum absolute atomic E-state index is 0.0501. The second-order valence-corrected chi connectivity index (χ2v) is 7.25. The number of aliphatic hydroxyl groups is 1. The van der Waals surface area contributed by atoms with E-state index in [1.165, 1.54) is 17.8 Å². The zero-order valence-electron chi connectivity index (χ0n) is 11.6. The Bertz CT molecular complexity index is 389. The Morgan fingerprint density at radius 1 is 1.39 bits per heavy atom. The lowest BCUT2D eigenvalue weighted by Gasteiger charge is -2.27. The Morgan fingerprint density at radius 3 is 2.56 bits per heavy atom. The first-order chi connectivity index (χ1) is 8.45. The van der Waals surface area contributed by atoms with E-state index in [0.29, 0.717) is 0 Å². The molecule has 0 spiro atoms. The minimum atomic E-state index is -0.0501. The second-order valence-electron chi connectivity index (χ2n) is 6.39. The minimum Gasteiger partial charge on any atom is -0.394 e. The number of thiazole rings is 1. The highest BCUT2D eigenvalue weighted by Gasteiger charge is 2.32. The first-order valence-electron chi connectivity index (χ1n) is 6.76. The molecule has 3 nitrogen and oxygen atoms in total. The topological polar surface area (TPSA) is 45.2 Å². The molecule has 1 heterocycles. The molecule has 4 heteroatoms. The molecule has 1 aliphatic rings. The van der Waals surface area contributed by atoms with Gasteiger partial charge in [0.2, 0.25) is 0 Å². The molecule has 0 aliphatic heterocycles. The number of aromatic nitrogens is 1. The van der Waals surface area contributed by atoms with Gasteiger partial charge in [-0.2, -0.15) is 0 Å². The standard InChI is InChI=1S/C14H24N2OS/c1-13(2,3)12-16-11(9-18-12)8-15-14(10-17)6-4-5-7-14/h9,15,17H,4-8,10H2,1-3H3. The highest BCUT2D eigenvalue weighted by Crippen LogP contribution is 2.30. The molecular weight excluding hydrogens is 244 g/mol. The quantitative estimate of drug-likeness (QED) is 0.882. The predicted octanol–water partition coefficient (Wildman–Crippen LogP) is 2.84. The van der Waals surface area contributed by atoms with Gasteiger partial charge in [-0.05, 0) is 12.8 Å². The summed E-state index contributed by atoms with van der Waals surface area (Å²) in [5.74, 6) is 0. The zero-order chi connectivity index (χ0) is 13.2. The van der Waals surface area contributed by atoms with Crippen LogP contribution < -0.4 is 5.32 Å². The van der Waals surface area contributed by atoms with Crippen molar-refractivity contribution in [1.29, 1.82) is 0 Å². The van der Waals surface area contributed by atoms with Crippen LogP contribution >= 0.6 is 11.3 Å². The van der Waals surface area contributed by atoms with Crippen LogP contribution in [0, 0.1) is 0 Å². The van der Waals surface area contributed by atoms with Crippen molar-refractivity contribution in [2.75, 3.05) is 6.61 Å². The summed E-state index contributed by atoms with van der Waals surface area (Å²) in [6.45, 7) is 7.58. The molecule has 0 atom stereocenters. The van der Waals surface area contributed by atoms with Gasteiger partial charge >= 0.3 is 0 Å². The fourth-order valence-electron chi connectivity index (χ4n) is 2.45. The number of rotatable bonds is 4. The molecule has 18 heavy (non-hydrogen) atoms. The van der Waals surface area contributed by atoms with Gasteiger partial charge in [0, 0.05) is 22.9 Å². The Balaban J connectivity index is 1.96. The normalized spacial score (nSPS) is 19.3. The fourth-order valence-corrected chi connectivity index (χ4v) is 3.36. The van der Waals surface area contributed by atoms with Crippen molar-refractivity contribution in [3.63, 3.8) is 0 Å². The van der Waals surface area contributed by atoms with Crippen molar-refractivity contribution in [3.05, 3.63) is 16.1 Å². The summed E-state index contributed by atoms with van der Waals surface area (Å²) < 4.78 is 0. The summed E-state index contributed by atoms with van der Waals surface area (Å²) in [6.07, 6.45) is 4.61. The Hall–Kier alpha value is -0.450. The summed E-state index contributed by atoms with van der Waals surface area (Å²) in [5.41, 5.74) is 1.18. The molecular formula is C14H24N2OS. The lowest BCUT2D eigenvalue weighted by Crippen LogP contribution is -2.45. The zero-order valence-corrected chi connectivity index (χ0v) is 12.4. The Labute approximate surface area is 114 Å². The molecule has 0 bridgehead atoms. The first kappa shape index (κ1) is 14.0. The van der Waals surface area contributed by atoms with Crippen LogP contribution in [0.5, 0.6) is 0 Å². The third-order valence-corrected chi connectivity index (χ3v) is 5.02. The molecule has 1 aliphatic carbocycles. The lowest BCUT2D eigenvalue weighted by atomic mass is 9.98. The van der Waals surface area contributed by atoms with E-state index >= 15 is 0 Å². The SMILES string of the molecule is CC(C)(C)c1nc(CNC2(CO)CCCC2)cs1. The molecule has 0 amide bonds. The first-order valence-corrected chi connectivity index (χ1v) is 7.64. The van der Waals surface area contributed by atoms with E-state index in [4.69, 9.17) is 0 Å². The van der Waals surface area contributed by atoms with Crippen LogP contribution in [0.25, 0.3) is 0 Å². The van der Waals surface area contributed by atoms with E-state index in [1.54, 1.807) is 11.3 Å². The van der Waals surface area contributed by atoms with Gasteiger partial charge in [0.05, 0.1) is 17.3 Å². The van der Waals surface area contributed by atoms with Crippen LogP contribution in [0.15, 0.2) is 5.38 Å². The average Bonchev–Trinajstić information content (AvgIpc) is 2.96. The van der Waals surface area contributed by atoms with Gasteiger partial charge in [0.15, 0.2) is 0 Å². The van der Waals surface area contributed by atoms with Crippen molar-refractivity contribution in [3.8, 4) is 0 Å². The predicted molar refractivity (Wildman–Crippen MR) is 75.9 cm³/mol. The highest BCUT2D eigenvalue weighted by atomic mass is 32.1. The number of hydrogen-bond donors (Lipinski definition) is 2. The summed E-state index contributed by atoms with van der Waals surface area (Å²) in [6, 6.07) is 0. The van der Waals surface area contributed by atoms with Crippen molar-refractivity contribution in [1.82, 2.24) is 10.3 Å². The molecule has 0 aromatic carbocycles. The fraction of sp³-hybridized carbons (Fsp3) is 0.786. The molecule has 0 radical (unpaired) electrons. The molecule has 102 valence electrons. The Kier molecular flexibility index (Phi) is 4.09.